The summed E-state index contributed by atoms with van der Waals surface area (Å²) in [5.41, 5.74) is 0.642. The SMILES string of the molecule is CCNC(=NCC(C)CN(C)C(=O)OC(C)(C)C)N(C)Cc1cnn(C)c1. The Bertz CT molecular complexity index is 620. The van der Waals surface area contributed by atoms with Crippen LogP contribution in [-0.2, 0) is 18.3 Å². The van der Waals surface area contributed by atoms with Crippen LogP contribution < -0.4 is 5.32 Å². The van der Waals surface area contributed by atoms with Crippen LogP contribution in [0, 0.1) is 5.92 Å². The van der Waals surface area contributed by atoms with Crippen molar-refractivity contribution in [2.24, 2.45) is 18.0 Å². The first-order chi connectivity index (χ1) is 12.5. The number of carbonyl (C=O) groups excluding carboxylic acids is 1. The minimum atomic E-state index is -0.486. The molecule has 27 heavy (non-hydrogen) atoms. The molecule has 0 saturated heterocycles. The number of aliphatic imine (C=N–C) groups is 1. The van der Waals surface area contributed by atoms with Crippen molar-refractivity contribution in [1.29, 1.82) is 0 Å². The lowest BCUT2D eigenvalue weighted by molar-refractivity contribution is 0.0279. The number of aromatic nitrogens is 2. The molecule has 1 atom stereocenters. The van der Waals surface area contributed by atoms with Crippen molar-refractivity contribution in [1.82, 2.24) is 24.9 Å². The monoisotopic (exact) mass is 380 g/mol. The minimum Gasteiger partial charge on any atom is -0.444 e. The quantitative estimate of drug-likeness (QED) is 0.580. The smallest absolute Gasteiger partial charge is 0.410 e. The summed E-state index contributed by atoms with van der Waals surface area (Å²) in [4.78, 5) is 20.5. The summed E-state index contributed by atoms with van der Waals surface area (Å²) in [6, 6.07) is 0. The van der Waals surface area contributed by atoms with Gasteiger partial charge >= 0.3 is 6.09 Å². The first-order valence-electron chi connectivity index (χ1n) is 9.43. The third-order valence-electron chi connectivity index (χ3n) is 3.72. The molecule has 1 aromatic heterocycles. The molecule has 0 aliphatic heterocycles. The van der Waals surface area contributed by atoms with Gasteiger partial charge in [0.15, 0.2) is 5.96 Å². The Labute approximate surface area is 163 Å². The van der Waals surface area contributed by atoms with Crippen LogP contribution in [0.15, 0.2) is 17.4 Å². The molecule has 1 aromatic rings. The Hall–Kier alpha value is -2.25. The van der Waals surface area contributed by atoms with Gasteiger partial charge in [-0.1, -0.05) is 6.92 Å². The lowest BCUT2D eigenvalue weighted by atomic mass is 10.2. The lowest BCUT2D eigenvalue weighted by Crippen LogP contribution is -2.39. The van der Waals surface area contributed by atoms with Crippen LogP contribution in [0.25, 0.3) is 0 Å². The van der Waals surface area contributed by atoms with Crippen LogP contribution in [0.2, 0.25) is 0 Å². The van der Waals surface area contributed by atoms with E-state index in [2.05, 4.69) is 22.2 Å². The maximum Gasteiger partial charge on any atom is 0.410 e. The Kier molecular flexibility index (Phi) is 8.59. The fourth-order valence-corrected chi connectivity index (χ4v) is 2.55. The molecular formula is C19H36N6O2. The van der Waals surface area contributed by atoms with Crippen molar-refractivity contribution in [3.63, 3.8) is 0 Å². The zero-order valence-electron chi connectivity index (χ0n) is 18.1. The Morgan fingerprint density at radius 1 is 1.37 bits per heavy atom. The topological polar surface area (TPSA) is 75.0 Å². The molecule has 0 aliphatic rings. The van der Waals surface area contributed by atoms with Crippen LogP contribution in [0.1, 0.15) is 40.2 Å². The van der Waals surface area contributed by atoms with Gasteiger partial charge in [-0.2, -0.15) is 5.10 Å². The van der Waals surface area contributed by atoms with Crippen LogP contribution in [-0.4, -0.2) is 71.0 Å². The number of guanidine groups is 1. The number of nitrogens with one attached hydrogen (secondary N) is 1. The Balaban J connectivity index is 2.61. The normalized spacial score (nSPS) is 13.3. The number of nitrogens with zero attached hydrogens (tertiary/aromatic N) is 5. The fourth-order valence-electron chi connectivity index (χ4n) is 2.55. The zero-order chi connectivity index (χ0) is 20.6. The van der Waals surface area contributed by atoms with Gasteiger partial charge in [0.25, 0.3) is 0 Å². The number of rotatable bonds is 7. The van der Waals surface area contributed by atoms with Crippen LogP contribution in [0.3, 0.4) is 0 Å². The summed E-state index contributed by atoms with van der Waals surface area (Å²) in [6.07, 6.45) is 3.55. The van der Waals surface area contributed by atoms with E-state index in [1.807, 2.05) is 54.2 Å². The van der Waals surface area contributed by atoms with E-state index in [9.17, 15) is 4.79 Å². The van der Waals surface area contributed by atoms with Gasteiger partial charge in [-0.25, -0.2) is 4.79 Å². The van der Waals surface area contributed by atoms with E-state index >= 15 is 0 Å². The van der Waals surface area contributed by atoms with Gasteiger partial charge in [0.2, 0.25) is 0 Å². The molecule has 0 aliphatic carbocycles. The van der Waals surface area contributed by atoms with Crippen molar-refractivity contribution < 1.29 is 9.53 Å². The molecule has 154 valence electrons. The first kappa shape index (κ1) is 22.8. The number of hydrogen-bond acceptors (Lipinski definition) is 4. The van der Waals surface area contributed by atoms with Gasteiger partial charge in [0, 0.05) is 59.1 Å². The van der Waals surface area contributed by atoms with E-state index in [4.69, 9.17) is 9.73 Å². The van der Waals surface area contributed by atoms with Crippen LogP contribution >= 0.6 is 0 Å². The molecule has 1 rings (SSSR count). The molecule has 8 nitrogen and oxygen atoms in total. The molecule has 0 aromatic carbocycles. The summed E-state index contributed by atoms with van der Waals surface area (Å²) in [7, 11) is 5.67. The maximum atomic E-state index is 12.1. The molecule has 0 bridgehead atoms. The number of hydrogen-bond donors (Lipinski definition) is 1. The number of carbonyl (C=O) groups is 1. The molecule has 1 amide bonds. The highest BCUT2D eigenvalue weighted by Gasteiger charge is 2.20. The third-order valence-corrected chi connectivity index (χ3v) is 3.72. The predicted octanol–water partition coefficient (Wildman–Crippen LogP) is 2.32. The predicted molar refractivity (Wildman–Crippen MR) is 109 cm³/mol. The molecule has 8 heteroatoms. The first-order valence-corrected chi connectivity index (χ1v) is 9.43. The maximum absolute atomic E-state index is 12.1. The van der Waals surface area contributed by atoms with Crippen molar-refractivity contribution in [3.05, 3.63) is 18.0 Å². The van der Waals surface area contributed by atoms with E-state index in [1.165, 1.54) is 0 Å². The van der Waals surface area contributed by atoms with Gasteiger partial charge in [0.1, 0.15) is 5.60 Å². The van der Waals surface area contributed by atoms with Gasteiger partial charge < -0.3 is 19.9 Å². The fraction of sp³-hybridized carbons (Fsp3) is 0.737. The highest BCUT2D eigenvalue weighted by atomic mass is 16.6. The average molecular weight is 381 g/mol. The molecule has 0 radical (unpaired) electrons. The molecule has 0 spiro atoms. The standard InChI is InChI=1S/C19H36N6O2/c1-9-20-17(23(6)13-16-11-22-25(8)14-16)21-10-15(2)12-24(7)18(26)27-19(3,4)5/h11,14-15H,9-10,12-13H2,1-8H3,(H,20,21). The molecule has 0 saturated carbocycles. The summed E-state index contributed by atoms with van der Waals surface area (Å²) < 4.78 is 7.19. The van der Waals surface area contributed by atoms with Crippen molar-refractivity contribution in [3.8, 4) is 0 Å². The largest absolute Gasteiger partial charge is 0.444 e. The Morgan fingerprint density at radius 3 is 2.56 bits per heavy atom. The lowest BCUT2D eigenvalue weighted by Gasteiger charge is -2.26. The van der Waals surface area contributed by atoms with Crippen LogP contribution in [0.5, 0.6) is 0 Å². The third kappa shape index (κ3) is 8.79. The molecular weight excluding hydrogens is 344 g/mol. The van der Waals surface area contributed by atoms with Crippen LogP contribution in [0.4, 0.5) is 4.79 Å². The van der Waals surface area contributed by atoms with Gasteiger partial charge in [-0.3, -0.25) is 9.67 Å². The van der Waals surface area contributed by atoms with E-state index in [0.717, 1.165) is 24.6 Å². The zero-order valence-corrected chi connectivity index (χ0v) is 18.1. The van der Waals surface area contributed by atoms with Crippen molar-refractivity contribution >= 4 is 12.1 Å². The molecule has 1 unspecified atom stereocenters. The van der Waals surface area contributed by atoms with Crippen molar-refractivity contribution in [2.45, 2.75) is 46.8 Å². The van der Waals surface area contributed by atoms with Gasteiger partial charge in [-0.05, 0) is 33.6 Å². The van der Waals surface area contributed by atoms with E-state index in [0.29, 0.717) is 13.1 Å². The summed E-state index contributed by atoms with van der Waals surface area (Å²) >= 11 is 0. The highest BCUT2D eigenvalue weighted by Crippen LogP contribution is 2.10. The van der Waals surface area contributed by atoms with E-state index in [-0.39, 0.29) is 12.0 Å². The van der Waals surface area contributed by atoms with Gasteiger partial charge in [0.05, 0.1) is 6.20 Å². The average Bonchev–Trinajstić information content (AvgIpc) is 2.94. The van der Waals surface area contributed by atoms with Gasteiger partial charge in [-0.15, -0.1) is 0 Å². The van der Waals surface area contributed by atoms with E-state index < -0.39 is 5.60 Å². The minimum absolute atomic E-state index is 0.211. The highest BCUT2D eigenvalue weighted by molar-refractivity contribution is 5.79. The number of amides is 1. The molecule has 1 N–H and O–H groups in total. The van der Waals surface area contributed by atoms with E-state index in [1.54, 1.807) is 16.6 Å². The molecule has 1 heterocycles. The summed E-state index contributed by atoms with van der Waals surface area (Å²) in [5.74, 6) is 1.05. The second-order valence-electron chi connectivity index (χ2n) is 8.04. The summed E-state index contributed by atoms with van der Waals surface area (Å²) in [6.45, 7) is 12.5. The second kappa shape index (κ2) is 10.2. The number of aryl methyl sites for hydroxylation is 1. The second-order valence-corrected chi connectivity index (χ2v) is 8.04. The molecule has 0 fully saturated rings. The number of ether oxygens (including phenoxy) is 1. The Morgan fingerprint density at radius 2 is 2.04 bits per heavy atom. The summed E-state index contributed by atoms with van der Waals surface area (Å²) in [5, 5.41) is 7.52. The van der Waals surface area contributed by atoms with Crippen molar-refractivity contribution in [2.75, 3.05) is 33.7 Å².